The maximum Gasteiger partial charge on any atom is 0.292 e. The molecule has 0 aliphatic carbocycles. The van der Waals surface area contributed by atoms with Crippen LogP contribution in [0.3, 0.4) is 0 Å². The Labute approximate surface area is 185 Å². The van der Waals surface area contributed by atoms with Gasteiger partial charge in [0.15, 0.2) is 0 Å². The van der Waals surface area contributed by atoms with Crippen molar-refractivity contribution >= 4 is 23.3 Å². The van der Waals surface area contributed by atoms with Gasteiger partial charge in [0.25, 0.3) is 17.6 Å². The molecule has 0 radical (unpaired) electrons. The summed E-state index contributed by atoms with van der Waals surface area (Å²) in [7, 11) is 1.53. The summed E-state index contributed by atoms with van der Waals surface area (Å²) in [5.41, 5.74) is 0.574. The zero-order valence-corrected chi connectivity index (χ0v) is 17.4. The molecule has 0 atom stereocenters. The van der Waals surface area contributed by atoms with Crippen molar-refractivity contribution in [2.75, 3.05) is 5.32 Å². The first-order valence-corrected chi connectivity index (χ1v) is 9.25. The number of benzene rings is 1. The predicted molar refractivity (Wildman–Crippen MR) is 109 cm³/mol. The molecule has 172 valence electrons. The molecule has 0 bridgehead atoms. The highest BCUT2D eigenvalue weighted by Gasteiger charge is 2.21. The number of nitrogens with one attached hydrogen (secondary N) is 3. The lowest BCUT2D eigenvalue weighted by Gasteiger charge is -2.06. The van der Waals surface area contributed by atoms with Gasteiger partial charge in [-0.2, -0.15) is 20.7 Å². The zero-order chi connectivity index (χ0) is 24.5. The Kier molecular flexibility index (Phi) is 8.44. The van der Waals surface area contributed by atoms with Gasteiger partial charge in [-0.3, -0.25) is 14.4 Å². The average Bonchev–Trinajstić information content (AvgIpc) is 3.42. The van der Waals surface area contributed by atoms with E-state index in [1.165, 1.54) is 42.2 Å². The normalized spacial score (nSPS) is 10.1. The standard InChI is InChI=1S/C18H14FN7O3.C2H4F2/c1-26-9-11(16(27)18(29)21-7-13-8-22-25-24-13)5-15(26)17(28)23-12-2-3-14(19)10(4-12)6-20;1-2(3)4/h2-5,8-9H,7H2,1H3,(H,21,29)(H,23,28)(H,22,24,25);2H,1H3. The number of carbonyl (C=O) groups is 3. The van der Waals surface area contributed by atoms with E-state index in [9.17, 15) is 27.6 Å². The van der Waals surface area contributed by atoms with Crippen LogP contribution in [0, 0.1) is 17.1 Å². The van der Waals surface area contributed by atoms with E-state index in [4.69, 9.17) is 5.26 Å². The number of aromatic nitrogens is 4. The smallest absolute Gasteiger partial charge is 0.292 e. The number of aromatic amines is 1. The lowest BCUT2D eigenvalue weighted by molar-refractivity contribution is -0.117. The number of nitrogens with zero attached hydrogens (tertiary/aromatic N) is 4. The maximum absolute atomic E-state index is 13.4. The molecule has 0 spiro atoms. The number of ketones is 1. The van der Waals surface area contributed by atoms with E-state index in [0.29, 0.717) is 5.69 Å². The van der Waals surface area contributed by atoms with E-state index >= 15 is 0 Å². The fourth-order valence-electron chi connectivity index (χ4n) is 2.49. The van der Waals surface area contributed by atoms with Crippen molar-refractivity contribution in [3.8, 4) is 6.07 Å². The number of Topliss-reactive ketones (excluding diaryl/α,β-unsaturated/α-hetero) is 1. The van der Waals surface area contributed by atoms with Crippen LogP contribution >= 0.6 is 0 Å². The van der Waals surface area contributed by atoms with Crippen molar-refractivity contribution in [1.29, 1.82) is 5.26 Å². The van der Waals surface area contributed by atoms with Crippen LogP contribution in [0.2, 0.25) is 0 Å². The molecule has 2 heterocycles. The topological polar surface area (TPSA) is 146 Å². The fraction of sp³-hybridized carbons (Fsp3) is 0.200. The van der Waals surface area contributed by atoms with Crippen LogP contribution in [0.25, 0.3) is 0 Å². The van der Waals surface area contributed by atoms with Gasteiger partial charge in [-0.25, -0.2) is 13.2 Å². The van der Waals surface area contributed by atoms with Gasteiger partial charge in [0.1, 0.15) is 23.3 Å². The quantitative estimate of drug-likeness (QED) is 0.379. The summed E-state index contributed by atoms with van der Waals surface area (Å²) in [6, 6.07) is 6.51. The first-order valence-electron chi connectivity index (χ1n) is 9.25. The summed E-state index contributed by atoms with van der Waals surface area (Å²) in [4.78, 5) is 36.8. The monoisotopic (exact) mass is 461 g/mol. The lowest BCUT2D eigenvalue weighted by atomic mass is 10.2. The van der Waals surface area contributed by atoms with Gasteiger partial charge in [0.05, 0.1) is 18.3 Å². The summed E-state index contributed by atoms with van der Waals surface area (Å²) >= 11 is 0. The Balaban J connectivity index is 0.000000890. The van der Waals surface area contributed by atoms with Crippen molar-refractivity contribution in [2.45, 2.75) is 19.9 Å². The van der Waals surface area contributed by atoms with Crippen molar-refractivity contribution < 1.29 is 27.6 Å². The molecule has 3 N–H and O–H groups in total. The minimum absolute atomic E-state index is 0.0205. The molecule has 10 nitrogen and oxygen atoms in total. The molecule has 0 aliphatic heterocycles. The third-order valence-electron chi connectivity index (χ3n) is 3.95. The highest BCUT2D eigenvalue weighted by atomic mass is 19.3. The average molecular weight is 461 g/mol. The van der Waals surface area contributed by atoms with E-state index < -0.39 is 29.8 Å². The minimum Gasteiger partial charge on any atom is -0.346 e. The third kappa shape index (κ3) is 7.03. The summed E-state index contributed by atoms with van der Waals surface area (Å²) in [5.74, 6) is -2.97. The van der Waals surface area contributed by atoms with E-state index in [1.807, 2.05) is 0 Å². The summed E-state index contributed by atoms with van der Waals surface area (Å²) in [6.45, 7) is 0.854. The molecule has 3 aromatic rings. The van der Waals surface area contributed by atoms with Crippen LogP contribution in [0.5, 0.6) is 0 Å². The minimum atomic E-state index is -2.17. The van der Waals surface area contributed by atoms with Crippen molar-refractivity contribution in [3.63, 3.8) is 0 Å². The second kappa shape index (κ2) is 11.2. The fourth-order valence-corrected chi connectivity index (χ4v) is 2.49. The molecule has 1 aromatic carbocycles. The van der Waals surface area contributed by atoms with Crippen LogP contribution < -0.4 is 10.6 Å². The molecule has 0 fully saturated rings. The number of halogens is 3. The van der Waals surface area contributed by atoms with Gasteiger partial charge in [0.2, 0.25) is 6.43 Å². The van der Waals surface area contributed by atoms with Gasteiger partial charge in [0, 0.05) is 24.5 Å². The van der Waals surface area contributed by atoms with E-state index in [0.717, 1.165) is 13.0 Å². The largest absolute Gasteiger partial charge is 0.346 e. The highest BCUT2D eigenvalue weighted by Crippen LogP contribution is 2.16. The molecule has 0 saturated heterocycles. The molecule has 2 aromatic heterocycles. The van der Waals surface area contributed by atoms with Gasteiger partial charge in [-0.15, -0.1) is 0 Å². The molecule has 13 heteroatoms. The second-order valence-electron chi connectivity index (χ2n) is 6.48. The van der Waals surface area contributed by atoms with Crippen molar-refractivity contribution in [1.82, 2.24) is 25.3 Å². The Morgan fingerprint density at radius 2 is 1.97 bits per heavy atom. The highest BCUT2D eigenvalue weighted by molar-refractivity contribution is 6.42. The molecule has 0 aliphatic rings. The number of alkyl halides is 2. The Hall–Kier alpha value is -4.47. The van der Waals surface area contributed by atoms with Gasteiger partial charge >= 0.3 is 0 Å². The third-order valence-corrected chi connectivity index (χ3v) is 3.95. The number of hydrogen-bond acceptors (Lipinski definition) is 6. The number of anilines is 1. The van der Waals surface area contributed by atoms with Gasteiger partial charge < -0.3 is 15.2 Å². The number of hydrogen-bond donors (Lipinski definition) is 3. The Bertz CT molecular complexity index is 1180. The Morgan fingerprint density at radius 1 is 1.27 bits per heavy atom. The summed E-state index contributed by atoms with van der Waals surface area (Å²) in [5, 5.41) is 23.5. The number of H-pyrrole nitrogens is 1. The predicted octanol–water partition coefficient (Wildman–Crippen LogP) is 2.18. The van der Waals surface area contributed by atoms with Crippen LogP contribution in [0.4, 0.5) is 18.9 Å². The number of nitriles is 1. The van der Waals surface area contributed by atoms with E-state index in [-0.39, 0.29) is 29.1 Å². The summed E-state index contributed by atoms with van der Waals surface area (Å²) in [6.07, 6.45) is 0.585. The van der Waals surface area contributed by atoms with Gasteiger partial charge in [-0.1, -0.05) is 0 Å². The van der Waals surface area contributed by atoms with Crippen LogP contribution in [0.15, 0.2) is 36.7 Å². The number of carbonyl (C=O) groups excluding carboxylic acids is 3. The first-order chi connectivity index (χ1) is 15.6. The molecule has 0 unspecified atom stereocenters. The Morgan fingerprint density at radius 3 is 2.58 bits per heavy atom. The molecular weight excluding hydrogens is 443 g/mol. The zero-order valence-electron chi connectivity index (χ0n) is 17.4. The second-order valence-corrected chi connectivity index (χ2v) is 6.48. The molecule has 0 saturated carbocycles. The molecular formula is C20H18F3N7O3. The van der Waals surface area contributed by atoms with Gasteiger partial charge in [-0.05, 0) is 31.2 Å². The number of rotatable bonds is 6. The van der Waals surface area contributed by atoms with E-state index in [1.54, 1.807) is 6.07 Å². The van der Waals surface area contributed by atoms with Crippen LogP contribution in [-0.4, -0.2) is 44.0 Å². The van der Waals surface area contributed by atoms with E-state index in [2.05, 4.69) is 26.0 Å². The molecule has 3 rings (SSSR count). The SMILES string of the molecule is CC(F)F.Cn1cc(C(=O)C(=O)NCc2cn[nH]n2)cc1C(=O)Nc1ccc(F)c(C#N)c1. The summed E-state index contributed by atoms with van der Waals surface area (Å²) < 4.78 is 35.4. The van der Waals surface area contributed by atoms with Crippen LogP contribution in [-0.2, 0) is 18.4 Å². The van der Waals surface area contributed by atoms with Crippen molar-refractivity contribution in [3.05, 3.63) is 65.0 Å². The number of amides is 2. The van der Waals surface area contributed by atoms with Crippen LogP contribution in [0.1, 0.15) is 39.0 Å². The number of aryl methyl sites for hydroxylation is 1. The first kappa shape index (κ1) is 24.8. The lowest BCUT2D eigenvalue weighted by Crippen LogP contribution is -2.30. The maximum atomic E-state index is 13.4. The molecule has 33 heavy (non-hydrogen) atoms. The van der Waals surface area contributed by atoms with Crippen molar-refractivity contribution in [2.24, 2.45) is 7.05 Å². The molecule has 2 amide bonds.